The third kappa shape index (κ3) is 2.10. The summed E-state index contributed by atoms with van der Waals surface area (Å²) in [6.07, 6.45) is 4.99. The molecule has 1 fully saturated rings. The van der Waals surface area contributed by atoms with Gasteiger partial charge in [-0.15, -0.1) is 0 Å². The van der Waals surface area contributed by atoms with E-state index in [9.17, 15) is 5.11 Å². The van der Waals surface area contributed by atoms with E-state index in [1.165, 1.54) is 19.3 Å². The molecule has 1 N–H and O–H groups in total. The number of methoxy groups -OCH3 is 1. The van der Waals surface area contributed by atoms with Gasteiger partial charge in [0.1, 0.15) is 17.1 Å². The van der Waals surface area contributed by atoms with E-state index in [4.69, 9.17) is 9.47 Å². The summed E-state index contributed by atoms with van der Waals surface area (Å²) in [7, 11) is 1.65. The van der Waals surface area contributed by atoms with E-state index >= 15 is 0 Å². The smallest absolute Gasteiger partial charge is 0.129 e. The van der Waals surface area contributed by atoms with Crippen LogP contribution in [0, 0.1) is 5.92 Å². The molecule has 2 aliphatic rings. The quantitative estimate of drug-likeness (QED) is 0.842. The lowest BCUT2D eigenvalue weighted by Crippen LogP contribution is -2.48. The molecule has 0 amide bonds. The lowest BCUT2D eigenvalue weighted by molar-refractivity contribution is -0.0718. The Morgan fingerprint density at radius 2 is 2.21 bits per heavy atom. The fraction of sp³-hybridized carbons (Fsp3) is 0.625. The van der Waals surface area contributed by atoms with Gasteiger partial charge in [0.05, 0.1) is 13.2 Å². The molecule has 2 unspecified atom stereocenters. The van der Waals surface area contributed by atoms with Gasteiger partial charge >= 0.3 is 0 Å². The van der Waals surface area contributed by atoms with Crippen LogP contribution in [0.1, 0.15) is 50.7 Å². The highest BCUT2D eigenvalue weighted by Gasteiger charge is 2.45. The Morgan fingerprint density at radius 1 is 1.37 bits per heavy atom. The van der Waals surface area contributed by atoms with Gasteiger partial charge in [0.25, 0.3) is 0 Å². The Labute approximate surface area is 114 Å². The fourth-order valence-corrected chi connectivity index (χ4v) is 3.54. The van der Waals surface area contributed by atoms with E-state index in [1.54, 1.807) is 7.11 Å². The van der Waals surface area contributed by atoms with Crippen LogP contribution in [0.5, 0.6) is 11.5 Å². The van der Waals surface area contributed by atoms with Crippen LogP contribution >= 0.6 is 0 Å². The molecular formula is C16H22O3. The van der Waals surface area contributed by atoms with Crippen molar-refractivity contribution < 1.29 is 14.6 Å². The normalized spacial score (nSPS) is 33.6. The fourth-order valence-electron chi connectivity index (χ4n) is 3.54. The molecule has 1 aromatic rings. The molecule has 1 aliphatic heterocycles. The monoisotopic (exact) mass is 262 g/mol. The number of fused-ring (bicyclic) bond motifs is 1. The van der Waals surface area contributed by atoms with Crippen LogP contribution in [0.25, 0.3) is 0 Å². The molecule has 1 aromatic carbocycles. The van der Waals surface area contributed by atoms with Crippen LogP contribution in [-0.2, 0) is 0 Å². The Morgan fingerprint density at radius 3 is 2.95 bits per heavy atom. The maximum absolute atomic E-state index is 10.4. The molecule has 1 heterocycles. The highest BCUT2D eigenvalue weighted by Crippen LogP contribution is 2.49. The first kappa shape index (κ1) is 12.8. The molecule has 0 radical (unpaired) electrons. The number of rotatable bonds is 1. The largest absolute Gasteiger partial charge is 0.497 e. The summed E-state index contributed by atoms with van der Waals surface area (Å²) in [5.74, 6) is 2.08. The van der Waals surface area contributed by atoms with Crippen LogP contribution in [0.15, 0.2) is 18.2 Å². The third-order valence-electron chi connectivity index (χ3n) is 4.82. The third-order valence-corrected chi connectivity index (χ3v) is 4.82. The number of aliphatic hydroxyl groups is 1. The molecule has 0 bridgehead atoms. The lowest BCUT2D eigenvalue weighted by atomic mass is 9.71. The van der Waals surface area contributed by atoms with Gasteiger partial charge in [0.2, 0.25) is 0 Å². The maximum Gasteiger partial charge on any atom is 0.129 e. The molecule has 0 aromatic heterocycles. The van der Waals surface area contributed by atoms with Crippen molar-refractivity contribution in [2.75, 3.05) is 7.11 Å². The van der Waals surface area contributed by atoms with Gasteiger partial charge in [0.15, 0.2) is 0 Å². The van der Waals surface area contributed by atoms with Gasteiger partial charge in [-0.25, -0.2) is 0 Å². The molecule has 1 spiro atoms. The number of hydrogen-bond donors (Lipinski definition) is 1. The van der Waals surface area contributed by atoms with Crippen molar-refractivity contribution in [1.29, 1.82) is 0 Å². The Kier molecular flexibility index (Phi) is 3.17. The summed E-state index contributed by atoms with van der Waals surface area (Å²) in [6.45, 7) is 2.25. The van der Waals surface area contributed by atoms with E-state index in [0.717, 1.165) is 23.5 Å². The molecule has 1 aliphatic carbocycles. The van der Waals surface area contributed by atoms with E-state index in [0.29, 0.717) is 12.3 Å². The van der Waals surface area contributed by atoms with Crippen molar-refractivity contribution in [2.45, 2.75) is 50.7 Å². The molecule has 3 rings (SSSR count). The van der Waals surface area contributed by atoms with Crippen molar-refractivity contribution >= 4 is 0 Å². The zero-order valence-corrected chi connectivity index (χ0v) is 11.7. The Bertz CT molecular complexity index is 471. The van der Waals surface area contributed by atoms with E-state index in [2.05, 4.69) is 6.92 Å². The van der Waals surface area contributed by atoms with Crippen molar-refractivity contribution in [3.8, 4) is 11.5 Å². The van der Waals surface area contributed by atoms with Gasteiger partial charge in [-0.05, 0) is 37.3 Å². The minimum atomic E-state index is -0.421. The molecular weight excluding hydrogens is 240 g/mol. The van der Waals surface area contributed by atoms with Crippen LogP contribution in [0.3, 0.4) is 0 Å². The summed E-state index contributed by atoms with van der Waals surface area (Å²) < 4.78 is 11.6. The first-order valence-electron chi connectivity index (χ1n) is 7.20. The topological polar surface area (TPSA) is 38.7 Å². The Hall–Kier alpha value is -1.22. The summed E-state index contributed by atoms with van der Waals surface area (Å²) >= 11 is 0. The average molecular weight is 262 g/mol. The second-order valence-corrected chi connectivity index (χ2v) is 5.94. The predicted octanol–water partition coefficient (Wildman–Crippen LogP) is 3.46. The number of benzene rings is 1. The molecule has 3 heteroatoms. The average Bonchev–Trinajstić information content (AvgIpc) is 2.41. The molecule has 104 valence electrons. The molecule has 1 saturated carbocycles. The van der Waals surface area contributed by atoms with Gasteiger partial charge < -0.3 is 14.6 Å². The zero-order valence-electron chi connectivity index (χ0n) is 11.7. The molecule has 19 heavy (non-hydrogen) atoms. The Balaban J connectivity index is 1.97. The van der Waals surface area contributed by atoms with Crippen molar-refractivity contribution in [3.63, 3.8) is 0 Å². The van der Waals surface area contributed by atoms with Crippen molar-refractivity contribution in [2.24, 2.45) is 5.92 Å². The molecule has 0 saturated heterocycles. The maximum atomic E-state index is 10.4. The first-order chi connectivity index (χ1) is 9.14. The van der Waals surface area contributed by atoms with E-state index in [-0.39, 0.29) is 5.60 Å². The SMILES string of the molecule is COc1ccc2c(c1)OC1(CCCCC1C)C[C@@H]2O. The number of aliphatic hydroxyl groups excluding tert-OH is 1. The lowest BCUT2D eigenvalue weighted by Gasteiger charge is -2.47. The van der Waals surface area contributed by atoms with Gasteiger partial charge in [-0.3, -0.25) is 0 Å². The minimum Gasteiger partial charge on any atom is -0.497 e. The van der Waals surface area contributed by atoms with E-state index < -0.39 is 6.10 Å². The first-order valence-corrected chi connectivity index (χ1v) is 7.20. The van der Waals surface area contributed by atoms with Gasteiger partial charge in [-0.2, -0.15) is 0 Å². The summed E-state index contributed by atoms with van der Waals surface area (Å²) in [4.78, 5) is 0. The van der Waals surface area contributed by atoms with Crippen LogP contribution in [0.2, 0.25) is 0 Å². The van der Waals surface area contributed by atoms with Crippen molar-refractivity contribution in [3.05, 3.63) is 23.8 Å². The summed E-state index contributed by atoms with van der Waals surface area (Å²) in [6, 6.07) is 5.70. The second-order valence-electron chi connectivity index (χ2n) is 5.94. The molecule has 3 atom stereocenters. The van der Waals surface area contributed by atoms with Gasteiger partial charge in [0, 0.05) is 18.1 Å². The molecule has 3 nitrogen and oxygen atoms in total. The highest BCUT2D eigenvalue weighted by atomic mass is 16.5. The zero-order chi connectivity index (χ0) is 13.5. The van der Waals surface area contributed by atoms with Crippen LogP contribution < -0.4 is 9.47 Å². The number of ether oxygens (including phenoxy) is 2. The number of hydrogen-bond acceptors (Lipinski definition) is 3. The standard InChI is InChI=1S/C16H22O3/c1-11-5-3-4-8-16(11)10-14(17)13-7-6-12(18-2)9-15(13)19-16/h6-7,9,11,14,17H,3-5,8,10H2,1-2H3/t11?,14-,16?/m0/s1. The van der Waals surface area contributed by atoms with Gasteiger partial charge in [-0.1, -0.05) is 13.3 Å². The predicted molar refractivity (Wildman–Crippen MR) is 73.6 cm³/mol. The van der Waals surface area contributed by atoms with Crippen LogP contribution in [0.4, 0.5) is 0 Å². The van der Waals surface area contributed by atoms with Crippen LogP contribution in [-0.4, -0.2) is 17.8 Å². The second kappa shape index (κ2) is 4.71. The van der Waals surface area contributed by atoms with E-state index in [1.807, 2.05) is 18.2 Å². The minimum absolute atomic E-state index is 0.184. The summed E-state index contributed by atoms with van der Waals surface area (Å²) in [5.41, 5.74) is 0.709. The van der Waals surface area contributed by atoms with Crippen molar-refractivity contribution in [1.82, 2.24) is 0 Å². The summed E-state index contributed by atoms with van der Waals surface area (Å²) in [5, 5.41) is 10.4. The highest BCUT2D eigenvalue weighted by molar-refractivity contribution is 5.44.